The Bertz CT molecular complexity index is 975. The van der Waals surface area contributed by atoms with Crippen LogP contribution in [0, 0.1) is 6.92 Å². The second-order valence-corrected chi connectivity index (χ2v) is 6.43. The third-order valence-electron chi connectivity index (χ3n) is 3.95. The number of anilines is 1. The molecule has 3 rings (SSSR count). The number of nitrogens with zero attached hydrogens (tertiary/aromatic N) is 4. The van der Waals surface area contributed by atoms with Crippen LogP contribution in [0.1, 0.15) is 49.4 Å². The minimum Gasteiger partial charge on any atom is -0.449 e. The first kappa shape index (κ1) is 18.6. The Morgan fingerprint density at radius 3 is 2.70 bits per heavy atom. The molecule has 0 aliphatic rings. The van der Waals surface area contributed by atoms with Crippen molar-refractivity contribution < 1.29 is 18.8 Å². The molecule has 0 fully saturated rings. The van der Waals surface area contributed by atoms with E-state index in [1.165, 1.54) is 6.20 Å². The number of pyridine rings is 1. The largest absolute Gasteiger partial charge is 0.449 e. The van der Waals surface area contributed by atoms with Crippen molar-refractivity contribution in [3.8, 4) is 0 Å². The van der Waals surface area contributed by atoms with Crippen LogP contribution < -0.4 is 5.32 Å². The molecule has 9 heteroatoms. The first-order valence-electron chi connectivity index (χ1n) is 8.67. The Hall–Kier alpha value is -3.23. The molecule has 0 aliphatic heterocycles. The molecule has 1 N–H and O–H groups in total. The molecule has 1 amide bonds. The fraction of sp³-hybridized carbons (Fsp3) is 0.389. The summed E-state index contributed by atoms with van der Waals surface area (Å²) in [6.45, 7) is 7.46. The predicted octanol–water partition coefficient (Wildman–Crippen LogP) is 2.88. The van der Waals surface area contributed by atoms with E-state index in [2.05, 4.69) is 20.6 Å². The van der Waals surface area contributed by atoms with Crippen LogP contribution >= 0.6 is 0 Å². The summed E-state index contributed by atoms with van der Waals surface area (Å²) in [5, 5.41) is 11.3. The van der Waals surface area contributed by atoms with E-state index in [9.17, 15) is 9.59 Å². The smallest absolute Gasteiger partial charge is 0.340 e. The quantitative estimate of drug-likeness (QED) is 0.663. The summed E-state index contributed by atoms with van der Waals surface area (Å²) >= 11 is 0. The minimum absolute atomic E-state index is 0.154. The summed E-state index contributed by atoms with van der Waals surface area (Å²) in [5.74, 6) is -0.256. The average molecular weight is 371 g/mol. The van der Waals surface area contributed by atoms with E-state index in [4.69, 9.17) is 9.26 Å². The van der Waals surface area contributed by atoms with Gasteiger partial charge in [-0.1, -0.05) is 12.1 Å². The normalized spacial score (nSPS) is 12.3. The third kappa shape index (κ3) is 3.97. The number of hydrogen-bond acceptors (Lipinski definition) is 7. The van der Waals surface area contributed by atoms with Crippen molar-refractivity contribution in [1.82, 2.24) is 19.9 Å². The topological polar surface area (TPSA) is 112 Å². The Labute approximate surface area is 155 Å². The fourth-order valence-electron chi connectivity index (χ4n) is 2.58. The number of esters is 1. The lowest BCUT2D eigenvalue weighted by Crippen LogP contribution is -2.32. The van der Waals surface area contributed by atoms with Crippen LogP contribution in [0.5, 0.6) is 0 Å². The molecule has 0 saturated carbocycles. The Kier molecular flexibility index (Phi) is 5.20. The van der Waals surface area contributed by atoms with Gasteiger partial charge in [0.1, 0.15) is 5.76 Å². The van der Waals surface area contributed by atoms with Crippen molar-refractivity contribution >= 4 is 28.7 Å². The number of carbonyl (C=O) groups excluding carboxylic acids is 2. The van der Waals surface area contributed by atoms with Gasteiger partial charge in [0.25, 0.3) is 5.91 Å². The lowest BCUT2D eigenvalue weighted by atomic mass is 10.2. The van der Waals surface area contributed by atoms with Gasteiger partial charge in [-0.25, -0.2) is 14.5 Å². The van der Waals surface area contributed by atoms with Crippen LogP contribution in [0.3, 0.4) is 0 Å². The highest BCUT2D eigenvalue weighted by Gasteiger charge is 2.23. The first-order valence-corrected chi connectivity index (χ1v) is 8.67. The van der Waals surface area contributed by atoms with E-state index in [0.717, 1.165) is 5.39 Å². The van der Waals surface area contributed by atoms with E-state index in [-0.39, 0.29) is 17.4 Å². The number of carbonyl (C=O) groups is 2. The molecule has 0 unspecified atom stereocenters. The van der Waals surface area contributed by atoms with Gasteiger partial charge in [-0.15, -0.1) is 0 Å². The number of hydrogen-bond donors (Lipinski definition) is 1. The summed E-state index contributed by atoms with van der Waals surface area (Å²) in [5.41, 5.74) is 0.946. The van der Waals surface area contributed by atoms with Crippen molar-refractivity contribution in [3.63, 3.8) is 0 Å². The van der Waals surface area contributed by atoms with Gasteiger partial charge in [0, 0.05) is 23.7 Å². The van der Waals surface area contributed by atoms with Crippen molar-refractivity contribution in [2.75, 3.05) is 5.32 Å². The number of rotatable bonds is 6. The van der Waals surface area contributed by atoms with Crippen LogP contribution in [0.4, 0.5) is 5.82 Å². The van der Waals surface area contributed by atoms with Gasteiger partial charge in [0.2, 0.25) is 0 Å². The molecule has 1 atom stereocenters. The Balaban J connectivity index is 1.72. The van der Waals surface area contributed by atoms with E-state index >= 15 is 0 Å². The average Bonchev–Trinajstić information content (AvgIpc) is 3.24. The third-order valence-corrected chi connectivity index (χ3v) is 3.95. The van der Waals surface area contributed by atoms with E-state index in [1.807, 2.05) is 13.8 Å². The van der Waals surface area contributed by atoms with E-state index in [1.54, 1.807) is 36.9 Å². The number of nitrogens with one attached hydrogen (secondary N) is 1. The lowest BCUT2D eigenvalue weighted by Gasteiger charge is -2.15. The lowest BCUT2D eigenvalue weighted by molar-refractivity contribution is -0.124. The van der Waals surface area contributed by atoms with Crippen LogP contribution in [0.2, 0.25) is 0 Å². The predicted molar refractivity (Wildman–Crippen MR) is 97.3 cm³/mol. The molecule has 0 radical (unpaired) electrons. The van der Waals surface area contributed by atoms with Gasteiger partial charge < -0.3 is 14.6 Å². The molecule has 142 valence electrons. The molecular weight excluding hydrogens is 350 g/mol. The summed E-state index contributed by atoms with van der Waals surface area (Å²) < 4.78 is 12.0. The molecule has 0 spiro atoms. The first-order chi connectivity index (χ1) is 12.9. The SMILES string of the molecule is CC[C@@H](OC(=O)c1cnc2c(cnn2C(C)C)c1)C(=O)Nc1cc(C)on1. The second kappa shape index (κ2) is 7.56. The van der Waals surface area contributed by atoms with Gasteiger partial charge >= 0.3 is 5.97 Å². The summed E-state index contributed by atoms with van der Waals surface area (Å²) in [4.78, 5) is 29.1. The molecule has 3 aromatic heterocycles. The molecule has 27 heavy (non-hydrogen) atoms. The number of aromatic nitrogens is 4. The minimum atomic E-state index is -0.955. The molecule has 0 bridgehead atoms. The van der Waals surface area contributed by atoms with Gasteiger partial charge in [0.15, 0.2) is 17.6 Å². The van der Waals surface area contributed by atoms with Gasteiger partial charge in [-0.2, -0.15) is 5.10 Å². The monoisotopic (exact) mass is 371 g/mol. The highest BCUT2D eigenvalue weighted by molar-refractivity contribution is 5.98. The molecule has 3 aromatic rings. The maximum atomic E-state index is 12.5. The van der Waals surface area contributed by atoms with Crippen molar-refractivity contribution in [1.29, 1.82) is 0 Å². The van der Waals surface area contributed by atoms with Crippen molar-refractivity contribution in [3.05, 3.63) is 35.9 Å². The van der Waals surface area contributed by atoms with Crippen molar-refractivity contribution in [2.24, 2.45) is 0 Å². The zero-order valence-electron chi connectivity index (χ0n) is 15.6. The second-order valence-electron chi connectivity index (χ2n) is 6.43. The number of ether oxygens (including phenoxy) is 1. The standard InChI is InChI=1S/C18H21N5O4/c1-5-14(17(24)21-15-6-11(4)27-22-15)26-18(25)13-7-12-9-20-23(10(2)3)16(12)19-8-13/h6-10,14H,5H2,1-4H3,(H,21,22,24)/t14-/m1/s1. The summed E-state index contributed by atoms with van der Waals surface area (Å²) in [6, 6.07) is 3.39. The molecule has 9 nitrogen and oxygen atoms in total. The van der Waals surface area contributed by atoms with Crippen LogP contribution in [-0.4, -0.2) is 37.9 Å². The number of aryl methyl sites for hydroxylation is 1. The molecule has 0 aromatic carbocycles. The molecule has 0 saturated heterocycles. The Morgan fingerprint density at radius 1 is 1.30 bits per heavy atom. The van der Waals surface area contributed by atoms with Gasteiger partial charge in [-0.05, 0) is 33.3 Å². The highest BCUT2D eigenvalue weighted by Crippen LogP contribution is 2.18. The fourth-order valence-corrected chi connectivity index (χ4v) is 2.58. The number of amides is 1. The molecule has 0 aliphatic carbocycles. The van der Waals surface area contributed by atoms with Crippen molar-refractivity contribution in [2.45, 2.75) is 46.3 Å². The van der Waals surface area contributed by atoms with Crippen LogP contribution in [-0.2, 0) is 9.53 Å². The maximum absolute atomic E-state index is 12.5. The number of fused-ring (bicyclic) bond motifs is 1. The summed E-state index contributed by atoms with van der Waals surface area (Å²) in [6.07, 6.45) is 2.44. The highest BCUT2D eigenvalue weighted by atomic mass is 16.5. The van der Waals surface area contributed by atoms with Crippen LogP contribution in [0.25, 0.3) is 11.0 Å². The molecule has 3 heterocycles. The van der Waals surface area contributed by atoms with Gasteiger partial charge in [-0.3, -0.25) is 4.79 Å². The van der Waals surface area contributed by atoms with Crippen LogP contribution in [0.15, 0.2) is 29.0 Å². The zero-order chi connectivity index (χ0) is 19.6. The van der Waals surface area contributed by atoms with E-state index < -0.39 is 18.0 Å². The van der Waals surface area contributed by atoms with Gasteiger partial charge in [0.05, 0.1) is 11.8 Å². The summed E-state index contributed by atoms with van der Waals surface area (Å²) in [7, 11) is 0. The zero-order valence-corrected chi connectivity index (χ0v) is 15.6. The van der Waals surface area contributed by atoms with E-state index in [0.29, 0.717) is 17.8 Å². The molecular formula is C18H21N5O4. The Morgan fingerprint density at radius 2 is 2.07 bits per heavy atom. The maximum Gasteiger partial charge on any atom is 0.340 e.